The number of rotatable bonds is 9. The van der Waals surface area contributed by atoms with E-state index in [2.05, 4.69) is 10.6 Å². The van der Waals surface area contributed by atoms with E-state index in [0.717, 1.165) is 17.8 Å². The molecule has 2 N–H and O–H groups in total. The third-order valence-corrected chi connectivity index (χ3v) is 2.75. The normalized spacial score (nSPS) is 10.3. The third-order valence-electron chi connectivity index (χ3n) is 2.75. The maximum absolute atomic E-state index is 12.1. The standard InChI is InChI=1S/C15H24N2O3/c1-4-16-14-11-12(2)5-6-13(14)15(18)17-7-8-20-10-9-19-3/h5-6,11,16H,4,7-10H2,1-3H3,(H,17,18). The van der Waals surface area contributed by atoms with E-state index in [1.54, 1.807) is 7.11 Å². The molecule has 112 valence electrons. The number of hydrogen-bond donors (Lipinski definition) is 2. The van der Waals surface area contributed by atoms with E-state index in [4.69, 9.17) is 9.47 Å². The molecule has 0 atom stereocenters. The molecule has 0 aliphatic rings. The average Bonchev–Trinajstić information content (AvgIpc) is 2.43. The molecule has 1 rings (SSSR count). The monoisotopic (exact) mass is 280 g/mol. The molecule has 1 amide bonds. The van der Waals surface area contributed by atoms with Gasteiger partial charge in [-0.25, -0.2) is 0 Å². The zero-order valence-corrected chi connectivity index (χ0v) is 12.5. The van der Waals surface area contributed by atoms with Crippen molar-refractivity contribution in [3.63, 3.8) is 0 Å². The molecule has 0 fully saturated rings. The van der Waals surface area contributed by atoms with Crippen LogP contribution in [0.1, 0.15) is 22.8 Å². The number of carbonyl (C=O) groups excluding carboxylic acids is 1. The Morgan fingerprint density at radius 3 is 2.75 bits per heavy atom. The molecule has 0 heterocycles. The Labute approximate surface area is 120 Å². The third kappa shape index (κ3) is 5.59. The van der Waals surface area contributed by atoms with Crippen LogP contribution in [-0.2, 0) is 9.47 Å². The number of aryl methyl sites for hydroxylation is 1. The summed E-state index contributed by atoms with van der Waals surface area (Å²) in [5.41, 5.74) is 2.65. The summed E-state index contributed by atoms with van der Waals surface area (Å²) in [5.74, 6) is -0.0868. The lowest BCUT2D eigenvalue weighted by atomic mass is 10.1. The molecule has 0 bridgehead atoms. The zero-order chi connectivity index (χ0) is 14.8. The van der Waals surface area contributed by atoms with Crippen molar-refractivity contribution in [2.45, 2.75) is 13.8 Å². The Bertz CT molecular complexity index is 422. The number of benzene rings is 1. The molecule has 0 saturated carbocycles. The van der Waals surface area contributed by atoms with Gasteiger partial charge >= 0.3 is 0 Å². The van der Waals surface area contributed by atoms with Crippen LogP contribution in [0.2, 0.25) is 0 Å². The lowest BCUT2D eigenvalue weighted by Gasteiger charge is -2.12. The average molecular weight is 280 g/mol. The number of carbonyl (C=O) groups is 1. The van der Waals surface area contributed by atoms with E-state index in [9.17, 15) is 4.79 Å². The first-order chi connectivity index (χ1) is 9.69. The Morgan fingerprint density at radius 1 is 1.25 bits per heavy atom. The van der Waals surface area contributed by atoms with Crippen LogP contribution in [0.3, 0.4) is 0 Å². The van der Waals surface area contributed by atoms with Crippen LogP contribution in [0.25, 0.3) is 0 Å². The molecule has 1 aromatic carbocycles. The smallest absolute Gasteiger partial charge is 0.253 e. The second-order valence-electron chi connectivity index (χ2n) is 4.44. The van der Waals surface area contributed by atoms with E-state index < -0.39 is 0 Å². The van der Waals surface area contributed by atoms with E-state index in [1.165, 1.54) is 0 Å². The van der Waals surface area contributed by atoms with Crippen LogP contribution >= 0.6 is 0 Å². The second-order valence-corrected chi connectivity index (χ2v) is 4.44. The Morgan fingerprint density at radius 2 is 2.05 bits per heavy atom. The zero-order valence-electron chi connectivity index (χ0n) is 12.5. The SMILES string of the molecule is CCNc1cc(C)ccc1C(=O)NCCOCCOC. The van der Waals surface area contributed by atoms with Crippen molar-refractivity contribution in [2.75, 3.05) is 45.3 Å². The molecule has 0 spiro atoms. The molecule has 5 heteroatoms. The summed E-state index contributed by atoms with van der Waals surface area (Å²) in [5, 5.41) is 6.06. The van der Waals surface area contributed by atoms with Crippen LogP contribution in [0.15, 0.2) is 18.2 Å². The highest BCUT2D eigenvalue weighted by atomic mass is 16.5. The van der Waals surface area contributed by atoms with E-state index in [-0.39, 0.29) is 5.91 Å². The molecule has 0 aromatic heterocycles. The van der Waals surface area contributed by atoms with Crippen LogP contribution in [0.4, 0.5) is 5.69 Å². The highest BCUT2D eigenvalue weighted by Crippen LogP contribution is 2.17. The molecule has 1 aromatic rings. The number of hydrogen-bond acceptors (Lipinski definition) is 4. The van der Waals surface area contributed by atoms with Gasteiger partial charge in [0.2, 0.25) is 0 Å². The molecule has 20 heavy (non-hydrogen) atoms. The lowest BCUT2D eigenvalue weighted by Crippen LogP contribution is -2.28. The largest absolute Gasteiger partial charge is 0.385 e. The molecule has 0 unspecified atom stereocenters. The van der Waals surface area contributed by atoms with Crippen LogP contribution in [0, 0.1) is 6.92 Å². The van der Waals surface area contributed by atoms with E-state index in [1.807, 2.05) is 32.0 Å². The fraction of sp³-hybridized carbons (Fsp3) is 0.533. The van der Waals surface area contributed by atoms with Crippen molar-refractivity contribution in [1.82, 2.24) is 5.32 Å². The fourth-order valence-corrected chi connectivity index (χ4v) is 1.77. The summed E-state index contributed by atoms with van der Waals surface area (Å²) >= 11 is 0. The van der Waals surface area contributed by atoms with Gasteiger partial charge in [-0.15, -0.1) is 0 Å². The van der Waals surface area contributed by atoms with Gasteiger partial charge in [0, 0.05) is 25.9 Å². The molecule has 0 aliphatic heterocycles. The number of ether oxygens (including phenoxy) is 2. The highest BCUT2D eigenvalue weighted by molar-refractivity contribution is 5.99. The second kappa shape index (κ2) is 9.34. The summed E-state index contributed by atoms with van der Waals surface area (Å²) in [4.78, 5) is 12.1. The molecule has 0 aliphatic carbocycles. The number of methoxy groups -OCH3 is 1. The van der Waals surface area contributed by atoms with E-state index >= 15 is 0 Å². The van der Waals surface area contributed by atoms with Gasteiger partial charge in [-0.05, 0) is 31.5 Å². The number of amides is 1. The van der Waals surface area contributed by atoms with Crippen molar-refractivity contribution >= 4 is 11.6 Å². The molecule has 0 radical (unpaired) electrons. The van der Waals surface area contributed by atoms with Crippen molar-refractivity contribution in [3.05, 3.63) is 29.3 Å². The van der Waals surface area contributed by atoms with Gasteiger partial charge in [0.15, 0.2) is 0 Å². The van der Waals surface area contributed by atoms with Crippen LogP contribution < -0.4 is 10.6 Å². The Hall–Kier alpha value is -1.59. The predicted molar refractivity (Wildman–Crippen MR) is 80.4 cm³/mol. The number of anilines is 1. The quantitative estimate of drug-likeness (QED) is 0.677. The lowest BCUT2D eigenvalue weighted by molar-refractivity contribution is 0.0693. The minimum atomic E-state index is -0.0868. The highest BCUT2D eigenvalue weighted by Gasteiger charge is 2.10. The van der Waals surface area contributed by atoms with Gasteiger partial charge in [0.1, 0.15) is 0 Å². The topological polar surface area (TPSA) is 59.6 Å². The molecule has 5 nitrogen and oxygen atoms in total. The van der Waals surface area contributed by atoms with Crippen LogP contribution in [-0.4, -0.2) is 45.9 Å². The predicted octanol–water partition coefficient (Wildman–Crippen LogP) is 1.82. The minimum absolute atomic E-state index is 0.0868. The van der Waals surface area contributed by atoms with Crippen LogP contribution in [0.5, 0.6) is 0 Å². The van der Waals surface area contributed by atoms with Crippen molar-refractivity contribution in [1.29, 1.82) is 0 Å². The van der Waals surface area contributed by atoms with Crippen molar-refractivity contribution in [2.24, 2.45) is 0 Å². The van der Waals surface area contributed by atoms with Gasteiger partial charge in [0.05, 0.1) is 25.4 Å². The summed E-state index contributed by atoms with van der Waals surface area (Å²) in [6.45, 7) is 6.87. The fourth-order valence-electron chi connectivity index (χ4n) is 1.77. The first-order valence-corrected chi connectivity index (χ1v) is 6.88. The van der Waals surface area contributed by atoms with Crippen molar-refractivity contribution < 1.29 is 14.3 Å². The van der Waals surface area contributed by atoms with Crippen molar-refractivity contribution in [3.8, 4) is 0 Å². The summed E-state index contributed by atoms with van der Waals surface area (Å²) in [7, 11) is 1.63. The summed E-state index contributed by atoms with van der Waals surface area (Å²) in [6, 6.07) is 5.76. The molecular weight excluding hydrogens is 256 g/mol. The first-order valence-electron chi connectivity index (χ1n) is 6.88. The maximum Gasteiger partial charge on any atom is 0.253 e. The first kappa shape index (κ1) is 16.5. The van der Waals surface area contributed by atoms with Gasteiger partial charge < -0.3 is 20.1 Å². The van der Waals surface area contributed by atoms with Gasteiger partial charge in [-0.3, -0.25) is 4.79 Å². The molecule has 0 saturated heterocycles. The summed E-state index contributed by atoms with van der Waals surface area (Å²) in [6.07, 6.45) is 0. The van der Waals surface area contributed by atoms with E-state index in [0.29, 0.717) is 31.9 Å². The number of nitrogens with one attached hydrogen (secondary N) is 2. The summed E-state index contributed by atoms with van der Waals surface area (Å²) < 4.78 is 10.2. The van der Waals surface area contributed by atoms with Gasteiger partial charge in [-0.1, -0.05) is 6.07 Å². The Kier molecular flexibility index (Phi) is 7.69. The van der Waals surface area contributed by atoms with Gasteiger partial charge in [-0.2, -0.15) is 0 Å². The minimum Gasteiger partial charge on any atom is -0.385 e. The Balaban J connectivity index is 2.46. The maximum atomic E-state index is 12.1. The molecular formula is C15H24N2O3. The van der Waals surface area contributed by atoms with Gasteiger partial charge in [0.25, 0.3) is 5.91 Å².